The number of aryl methyl sites for hydroxylation is 2. The summed E-state index contributed by atoms with van der Waals surface area (Å²) >= 11 is 0. The lowest BCUT2D eigenvalue weighted by Crippen LogP contribution is -2.13. The molecule has 0 aliphatic rings. The topological polar surface area (TPSA) is 46.4 Å². The first-order valence-corrected chi connectivity index (χ1v) is 6.57. The van der Waals surface area contributed by atoms with Crippen molar-refractivity contribution >= 4 is 17.2 Å². The number of hydrogen-bond donors (Lipinski definition) is 1. The summed E-state index contributed by atoms with van der Waals surface area (Å²) in [6.45, 7) is 3.76. The number of benzene rings is 1. The highest BCUT2D eigenvalue weighted by Crippen LogP contribution is 2.17. The molecule has 0 aliphatic heterocycles. The summed E-state index contributed by atoms with van der Waals surface area (Å²) in [5, 5.41) is 2.56. The number of rotatable bonds is 2. The number of hydrogen-bond acceptors (Lipinski definition) is 2. The van der Waals surface area contributed by atoms with Gasteiger partial charge in [0.05, 0.1) is 5.69 Å². The van der Waals surface area contributed by atoms with Crippen molar-refractivity contribution in [3.8, 4) is 0 Å². The van der Waals surface area contributed by atoms with Crippen LogP contribution in [-0.4, -0.2) is 15.3 Å². The fraction of sp³-hybridized carbons (Fsp3) is 0.125. The highest BCUT2D eigenvalue weighted by atomic mass is 19.1. The number of carbonyl (C=O) groups is 1. The van der Waals surface area contributed by atoms with E-state index < -0.39 is 11.7 Å². The molecule has 0 unspecified atom stereocenters. The van der Waals surface area contributed by atoms with Crippen molar-refractivity contribution in [2.45, 2.75) is 13.8 Å². The van der Waals surface area contributed by atoms with Crippen LogP contribution < -0.4 is 5.32 Å². The van der Waals surface area contributed by atoms with E-state index in [9.17, 15) is 9.18 Å². The van der Waals surface area contributed by atoms with Crippen molar-refractivity contribution in [2.75, 3.05) is 5.32 Å². The fourth-order valence-electron chi connectivity index (χ4n) is 2.18. The molecule has 3 rings (SSSR count). The number of pyridine rings is 1. The maximum absolute atomic E-state index is 13.7. The number of anilines is 1. The largest absolute Gasteiger partial charge is 0.318 e. The number of fused-ring (bicyclic) bond motifs is 1. The number of halogens is 1. The Morgan fingerprint density at radius 2 is 2.05 bits per heavy atom. The van der Waals surface area contributed by atoms with E-state index in [1.54, 1.807) is 18.3 Å². The van der Waals surface area contributed by atoms with Gasteiger partial charge in [-0.15, -0.1) is 0 Å². The molecule has 0 saturated heterocycles. The molecular weight excluding hydrogens is 269 g/mol. The first-order valence-electron chi connectivity index (χ1n) is 6.57. The van der Waals surface area contributed by atoms with Crippen LogP contribution in [-0.2, 0) is 0 Å². The molecule has 0 atom stereocenters. The molecule has 21 heavy (non-hydrogen) atoms. The monoisotopic (exact) mass is 283 g/mol. The highest BCUT2D eigenvalue weighted by Gasteiger charge is 2.13. The van der Waals surface area contributed by atoms with Gasteiger partial charge in [0.15, 0.2) is 0 Å². The summed E-state index contributed by atoms with van der Waals surface area (Å²) in [4.78, 5) is 16.5. The lowest BCUT2D eigenvalue weighted by atomic mass is 10.2. The van der Waals surface area contributed by atoms with Crippen LogP contribution in [0.5, 0.6) is 0 Å². The minimum atomic E-state index is -0.464. The van der Waals surface area contributed by atoms with E-state index in [4.69, 9.17) is 0 Å². The molecule has 1 N–H and O–H groups in total. The zero-order valence-electron chi connectivity index (χ0n) is 11.7. The normalized spacial score (nSPS) is 10.8. The van der Waals surface area contributed by atoms with Crippen LogP contribution in [0.1, 0.15) is 21.7 Å². The van der Waals surface area contributed by atoms with Crippen LogP contribution in [0.4, 0.5) is 10.1 Å². The van der Waals surface area contributed by atoms with Crippen LogP contribution in [0.3, 0.4) is 0 Å². The van der Waals surface area contributed by atoms with E-state index in [-0.39, 0.29) is 11.4 Å². The lowest BCUT2D eigenvalue weighted by Gasteiger charge is -2.05. The van der Waals surface area contributed by atoms with E-state index >= 15 is 0 Å². The average molecular weight is 283 g/mol. The zero-order valence-corrected chi connectivity index (χ0v) is 11.7. The van der Waals surface area contributed by atoms with Gasteiger partial charge in [0.25, 0.3) is 5.91 Å². The van der Waals surface area contributed by atoms with Gasteiger partial charge in [0, 0.05) is 11.9 Å². The summed E-state index contributed by atoms with van der Waals surface area (Å²) in [5.41, 5.74) is 2.95. The molecule has 0 fully saturated rings. The van der Waals surface area contributed by atoms with Crippen molar-refractivity contribution in [2.24, 2.45) is 0 Å². The molecule has 3 aromatic rings. The summed E-state index contributed by atoms with van der Waals surface area (Å²) in [5.74, 6) is -0.892. The van der Waals surface area contributed by atoms with Crippen molar-refractivity contribution in [1.82, 2.24) is 9.38 Å². The van der Waals surface area contributed by atoms with E-state index in [0.717, 1.165) is 11.3 Å². The number of imidazole rings is 1. The highest BCUT2D eigenvalue weighted by molar-refractivity contribution is 6.03. The van der Waals surface area contributed by atoms with Gasteiger partial charge in [-0.25, -0.2) is 9.37 Å². The van der Waals surface area contributed by atoms with Crippen LogP contribution in [0.25, 0.3) is 5.65 Å². The molecule has 4 nitrogen and oxygen atoms in total. The molecule has 106 valence electrons. The number of aromatic nitrogens is 2. The van der Waals surface area contributed by atoms with Crippen LogP contribution in [0, 0.1) is 19.7 Å². The van der Waals surface area contributed by atoms with Gasteiger partial charge in [-0.05, 0) is 43.7 Å². The Hall–Kier alpha value is -2.69. The Labute approximate surface area is 121 Å². The van der Waals surface area contributed by atoms with E-state index in [2.05, 4.69) is 10.3 Å². The minimum Gasteiger partial charge on any atom is -0.318 e. The minimum absolute atomic E-state index is 0.161. The Balaban J connectivity index is 1.93. The Kier molecular flexibility index (Phi) is 3.17. The van der Waals surface area contributed by atoms with Gasteiger partial charge < -0.3 is 9.72 Å². The fourth-order valence-corrected chi connectivity index (χ4v) is 2.18. The van der Waals surface area contributed by atoms with Gasteiger partial charge in [0.1, 0.15) is 17.2 Å². The molecule has 0 aliphatic carbocycles. The molecule has 2 aromatic heterocycles. The first kappa shape index (κ1) is 13.3. The molecule has 0 radical (unpaired) electrons. The van der Waals surface area contributed by atoms with Gasteiger partial charge in [-0.1, -0.05) is 12.1 Å². The molecule has 1 amide bonds. The summed E-state index contributed by atoms with van der Waals surface area (Å²) in [6.07, 6.45) is 1.65. The van der Waals surface area contributed by atoms with Gasteiger partial charge in [-0.2, -0.15) is 0 Å². The van der Waals surface area contributed by atoms with Crippen LogP contribution in [0.2, 0.25) is 0 Å². The SMILES string of the molecule is Cc1ccc(F)c(NC(=O)c2cn3c(C)cccc3n2)c1. The Morgan fingerprint density at radius 1 is 1.24 bits per heavy atom. The maximum atomic E-state index is 13.7. The van der Waals surface area contributed by atoms with Crippen molar-refractivity contribution < 1.29 is 9.18 Å². The molecule has 2 heterocycles. The van der Waals surface area contributed by atoms with Crippen molar-refractivity contribution in [3.05, 3.63) is 65.4 Å². The number of carbonyl (C=O) groups excluding carboxylic acids is 1. The second kappa shape index (κ2) is 5.01. The molecule has 5 heteroatoms. The number of amides is 1. The Morgan fingerprint density at radius 3 is 2.81 bits per heavy atom. The van der Waals surface area contributed by atoms with E-state index in [0.29, 0.717) is 5.65 Å². The first-order chi connectivity index (χ1) is 10.0. The standard InChI is InChI=1S/C16H14FN3O/c1-10-6-7-12(17)13(8-10)19-16(21)14-9-20-11(2)4-3-5-15(20)18-14/h3-9H,1-2H3,(H,19,21). The number of nitrogens with one attached hydrogen (secondary N) is 1. The second-order valence-corrected chi connectivity index (χ2v) is 4.96. The zero-order chi connectivity index (χ0) is 15.0. The molecule has 0 spiro atoms. The summed E-state index contributed by atoms with van der Waals surface area (Å²) < 4.78 is 15.5. The molecule has 1 aromatic carbocycles. The molecule has 0 bridgehead atoms. The lowest BCUT2D eigenvalue weighted by molar-refractivity contribution is 0.102. The van der Waals surface area contributed by atoms with Gasteiger partial charge >= 0.3 is 0 Å². The summed E-state index contributed by atoms with van der Waals surface area (Å²) in [7, 11) is 0. The molecule has 0 saturated carbocycles. The smallest absolute Gasteiger partial charge is 0.275 e. The average Bonchev–Trinajstić information content (AvgIpc) is 2.88. The van der Waals surface area contributed by atoms with Crippen molar-refractivity contribution in [1.29, 1.82) is 0 Å². The summed E-state index contributed by atoms with van der Waals surface area (Å²) in [6, 6.07) is 10.2. The van der Waals surface area contributed by atoms with E-state index in [1.807, 2.05) is 36.4 Å². The van der Waals surface area contributed by atoms with E-state index in [1.165, 1.54) is 6.07 Å². The predicted octanol–water partition coefficient (Wildman–Crippen LogP) is 3.34. The van der Waals surface area contributed by atoms with Crippen molar-refractivity contribution in [3.63, 3.8) is 0 Å². The van der Waals surface area contributed by atoms with Crippen LogP contribution in [0.15, 0.2) is 42.6 Å². The van der Waals surface area contributed by atoms with Crippen LogP contribution >= 0.6 is 0 Å². The quantitative estimate of drug-likeness (QED) is 0.784. The molecular formula is C16H14FN3O. The third kappa shape index (κ3) is 2.50. The third-order valence-electron chi connectivity index (χ3n) is 3.30. The predicted molar refractivity (Wildman–Crippen MR) is 79.0 cm³/mol. The Bertz CT molecular complexity index is 839. The number of nitrogens with zero attached hydrogens (tertiary/aromatic N) is 2. The second-order valence-electron chi connectivity index (χ2n) is 4.96. The van der Waals surface area contributed by atoms with Gasteiger partial charge in [-0.3, -0.25) is 4.79 Å². The maximum Gasteiger partial charge on any atom is 0.275 e. The third-order valence-corrected chi connectivity index (χ3v) is 3.30. The van der Waals surface area contributed by atoms with Gasteiger partial charge in [0.2, 0.25) is 0 Å².